The summed E-state index contributed by atoms with van der Waals surface area (Å²) >= 11 is 10.8. The third-order valence-corrected chi connectivity index (χ3v) is 6.14. The Labute approximate surface area is 221 Å². The number of hydrogen-bond donors (Lipinski definition) is 3. The van der Waals surface area contributed by atoms with E-state index in [4.69, 9.17) is 33.9 Å². The van der Waals surface area contributed by atoms with Crippen molar-refractivity contribution in [1.82, 2.24) is 21.3 Å². The summed E-state index contributed by atoms with van der Waals surface area (Å²) < 4.78 is 10.5. The lowest BCUT2D eigenvalue weighted by atomic mass is 9.91. The standard InChI is InChI=1S/C25H30N4O5S2/c1-14-8-10-17(33-6)12-19(14)21(35)26-27-23(31)25(4,5)24(32)29(16(3)30)28-22(36)20-13-18(34-7)11-9-15(20)2/h8-13H,1-7H3,(H,26,35)(H,27,31)(H,28,36). The van der Waals surface area contributed by atoms with Gasteiger partial charge in [-0.15, -0.1) is 0 Å². The molecule has 2 aromatic rings. The number of carbonyl (C=O) groups is 3. The maximum atomic E-state index is 13.3. The summed E-state index contributed by atoms with van der Waals surface area (Å²) in [7, 11) is 3.06. The summed E-state index contributed by atoms with van der Waals surface area (Å²) in [6.45, 7) is 7.67. The molecule has 192 valence electrons. The lowest BCUT2D eigenvalue weighted by molar-refractivity contribution is -0.155. The number of methoxy groups -OCH3 is 2. The second kappa shape index (κ2) is 11.9. The molecular weight excluding hydrogens is 500 g/mol. The van der Waals surface area contributed by atoms with Crippen LogP contribution in [0.1, 0.15) is 43.0 Å². The molecule has 0 fully saturated rings. The third kappa shape index (κ3) is 6.55. The van der Waals surface area contributed by atoms with Crippen LogP contribution in [0.3, 0.4) is 0 Å². The molecule has 9 nitrogen and oxygen atoms in total. The van der Waals surface area contributed by atoms with Crippen LogP contribution in [-0.2, 0) is 14.4 Å². The quantitative estimate of drug-likeness (QED) is 0.295. The fourth-order valence-corrected chi connectivity index (χ4v) is 3.68. The van der Waals surface area contributed by atoms with Gasteiger partial charge in [0.15, 0.2) is 0 Å². The summed E-state index contributed by atoms with van der Waals surface area (Å²) in [5.41, 5.74) is 9.04. The summed E-state index contributed by atoms with van der Waals surface area (Å²) in [4.78, 5) is 39.0. The van der Waals surface area contributed by atoms with Crippen LogP contribution in [0.4, 0.5) is 0 Å². The number of amides is 3. The lowest BCUT2D eigenvalue weighted by Crippen LogP contribution is -2.58. The minimum atomic E-state index is -1.66. The van der Waals surface area contributed by atoms with Gasteiger partial charge in [0.2, 0.25) is 5.91 Å². The Morgan fingerprint density at radius 2 is 1.31 bits per heavy atom. The maximum absolute atomic E-state index is 13.3. The number of hydrazine groups is 2. The number of nitrogens with zero attached hydrogens (tertiary/aromatic N) is 1. The van der Waals surface area contributed by atoms with E-state index >= 15 is 0 Å². The molecule has 0 aliphatic heterocycles. The largest absolute Gasteiger partial charge is 0.497 e. The van der Waals surface area contributed by atoms with Gasteiger partial charge in [-0.05, 0) is 63.1 Å². The zero-order chi connectivity index (χ0) is 27.2. The molecular formula is C25H30N4O5S2. The molecule has 0 bridgehead atoms. The van der Waals surface area contributed by atoms with Crippen molar-refractivity contribution in [3.8, 4) is 11.5 Å². The van der Waals surface area contributed by atoms with Gasteiger partial charge in [0.1, 0.15) is 26.9 Å². The Hall–Kier alpha value is -3.57. The van der Waals surface area contributed by atoms with Gasteiger partial charge in [-0.3, -0.25) is 30.7 Å². The van der Waals surface area contributed by atoms with Gasteiger partial charge < -0.3 is 9.47 Å². The van der Waals surface area contributed by atoms with Gasteiger partial charge in [0.25, 0.3) is 11.8 Å². The van der Waals surface area contributed by atoms with Gasteiger partial charge in [-0.25, -0.2) is 0 Å². The fourth-order valence-electron chi connectivity index (χ4n) is 3.09. The van der Waals surface area contributed by atoms with E-state index < -0.39 is 23.1 Å². The average molecular weight is 531 g/mol. The molecule has 0 saturated carbocycles. The van der Waals surface area contributed by atoms with Crippen LogP contribution in [0.5, 0.6) is 11.5 Å². The number of rotatable bonds is 6. The van der Waals surface area contributed by atoms with E-state index in [0.29, 0.717) is 22.6 Å². The number of aryl methyl sites for hydroxylation is 2. The second-order valence-electron chi connectivity index (χ2n) is 8.50. The van der Waals surface area contributed by atoms with E-state index in [1.807, 2.05) is 19.9 Å². The predicted molar refractivity (Wildman–Crippen MR) is 145 cm³/mol. The first-order chi connectivity index (χ1) is 16.8. The number of hydrogen-bond acceptors (Lipinski definition) is 7. The summed E-state index contributed by atoms with van der Waals surface area (Å²) in [6.07, 6.45) is 0. The minimum Gasteiger partial charge on any atom is -0.497 e. The highest BCUT2D eigenvalue weighted by Gasteiger charge is 2.41. The third-order valence-electron chi connectivity index (χ3n) is 5.50. The van der Waals surface area contributed by atoms with Crippen molar-refractivity contribution in [3.63, 3.8) is 0 Å². The predicted octanol–water partition coefficient (Wildman–Crippen LogP) is 2.90. The molecule has 0 saturated heterocycles. The SMILES string of the molecule is COc1ccc(C)c(C(=S)NNC(=O)C(C)(C)C(=O)N(NC(=S)c2cc(OC)ccc2C)C(C)=O)c1. The van der Waals surface area contributed by atoms with E-state index in [9.17, 15) is 14.4 Å². The van der Waals surface area contributed by atoms with Crippen molar-refractivity contribution < 1.29 is 23.9 Å². The molecule has 0 aromatic heterocycles. The number of ether oxygens (including phenoxy) is 2. The molecule has 36 heavy (non-hydrogen) atoms. The van der Waals surface area contributed by atoms with E-state index in [-0.39, 0.29) is 9.98 Å². The zero-order valence-electron chi connectivity index (χ0n) is 21.3. The molecule has 0 unspecified atom stereocenters. The number of imide groups is 1. The molecule has 11 heteroatoms. The summed E-state index contributed by atoms with van der Waals surface area (Å²) in [5, 5.41) is 0.728. The average Bonchev–Trinajstić information content (AvgIpc) is 2.85. The first kappa shape index (κ1) is 28.7. The van der Waals surface area contributed by atoms with Crippen molar-refractivity contribution in [3.05, 3.63) is 58.7 Å². The Morgan fingerprint density at radius 3 is 1.75 bits per heavy atom. The van der Waals surface area contributed by atoms with Crippen molar-refractivity contribution in [2.45, 2.75) is 34.6 Å². The van der Waals surface area contributed by atoms with E-state index in [1.54, 1.807) is 30.3 Å². The van der Waals surface area contributed by atoms with Gasteiger partial charge in [-0.2, -0.15) is 5.01 Å². The zero-order valence-corrected chi connectivity index (χ0v) is 22.9. The molecule has 0 aliphatic carbocycles. The molecule has 0 aliphatic rings. The summed E-state index contributed by atoms with van der Waals surface area (Å²) in [5.74, 6) is -0.979. The van der Waals surface area contributed by atoms with Gasteiger partial charge >= 0.3 is 0 Å². The van der Waals surface area contributed by atoms with Gasteiger partial charge in [0, 0.05) is 18.1 Å². The van der Waals surface area contributed by atoms with Crippen molar-refractivity contribution in [2.75, 3.05) is 14.2 Å². The van der Waals surface area contributed by atoms with Crippen molar-refractivity contribution in [2.24, 2.45) is 5.41 Å². The molecule has 3 amide bonds. The molecule has 3 N–H and O–H groups in total. The van der Waals surface area contributed by atoms with E-state index in [2.05, 4.69) is 16.3 Å². The van der Waals surface area contributed by atoms with Crippen LogP contribution < -0.4 is 25.8 Å². The first-order valence-electron chi connectivity index (χ1n) is 10.9. The molecule has 2 aromatic carbocycles. The van der Waals surface area contributed by atoms with Gasteiger partial charge in [-0.1, -0.05) is 36.6 Å². The highest BCUT2D eigenvalue weighted by atomic mass is 32.1. The number of carbonyl (C=O) groups excluding carboxylic acids is 3. The second-order valence-corrected chi connectivity index (χ2v) is 9.31. The minimum absolute atomic E-state index is 0.124. The topological polar surface area (TPSA) is 109 Å². The van der Waals surface area contributed by atoms with Gasteiger partial charge in [0.05, 0.1) is 14.2 Å². The highest BCUT2D eigenvalue weighted by Crippen LogP contribution is 2.21. The first-order valence-corrected chi connectivity index (χ1v) is 11.7. The molecule has 0 spiro atoms. The Kier molecular flexibility index (Phi) is 9.48. The Morgan fingerprint density at radius 1 is 0.833 bits per heavy atom. The molecule has 2 rings (SSSR count). The van der Waals surface area contributed by atoms with Crippen LogP contribution in [0.2, 0.25) is 0 Å². The monoisotopic (exact) mass is 530 g/mol. The van der Waals surface area contributed by atoms with E-state index in [1.165, 1.54) is 35.0 Å². The molecule has 0 radical (unpaired) electrons. The smallest absolute Gasteiger partial charge is 0.263 e. The van der Waals surface area contributed by atoms with Crippen LogP contribution in [0, 0.1) is 19.3 Å². The number of thiocarbonyl (C=S) groups is 2. The maximum Gasteiger partial charge on any atom is 0.263 e. The fraction of sp³-hybridized carbons (Fsp3) is 0.320. The number of benzene rings is 2. The molecule has 0 atom stereocenters. The van der Waals surface area contributed by atoms with Crippen LogP contribution >= 0.6 is 24.4 Å². The summed E-state index contributed by atoms with van der Waals surface area (Å²) in [6, 6.07) is 10.6. The Bertz CT molecular complexity index is 1210. The van der Waals surface area contributed by atoms with Crippen molar-refractivity contribution >= 4 is 52.1 Å². The van der Waals surface area contributed by atoms with Crippen LogP contribution in [0.25, 0.3) is 0 Å². The normalized spacial score (nSPS) is 10.6. The highest BCUT2D eigenvalue weighted by molar-refractivity contribution is 7.81. The number of nitrogens with one attached hydrogen (secondary N) is 3. The molecule has 0 heterocycles. The van der Waals surface area contributed by atoms with Crippen LogP contribution in [0.15, 0.2) is 36.4 Å². The lowest BCUT2D eigenvalue weighted by Gasteiger charge is -2.30. The van der Waals surface area contributed by atoms with E-state index in [0.717, 1.165) is 16.1 Å². The van der Waals surface area contributed by atoms with Crippen LogP contribution in [-0.4, -0.2) is 46.9 Å². The Balaban J connectivity index is 2.17. The van der Waals surface area contributed by atoms with Crippen molar-refractivity contribution in [1.29, 1.82) is 0 Å².